The van der Waals surface area contributed by atoms with Crippen molar-refractivity contribution in [3.8, 4) is 0 Å². The predicted molar refractivity (Wildman–Crippen MR) is 53.6 cm³/mol. The molecule has 0 aliphatic heterocycles. The highest BCUT2D eigenvalue weighted by molar-refractivity contribution is 5.75. The third kappa shape index (κ3) is 6.58. The fraction of sp³-hybridized carbons (Fsp3) is 0.900. The fourth-order valence-corrected chi connectivity index (χ4v) is 0.958. The maximum atomic E-state index is 11.4. The number of hydrogen-bond acceptors (Lipinski definition) is 3. The summed E-state index contributed by atoms with van der Waals surface area (Å²) in [6.07, 6.45) is 0. The minimum Gasteiger partial charge on any atom is -0.459 e. The number of rotatable bonds is 3. The molecule has 0 aromatic rings. The van der Waals surface area contributed by atoms with Crippen LogP contribution in [0.2, 0.25) is 0 Å². The Morgan fingerprint density at radius 1 is 1.23 bits per heavy atom. The minimum absolute atomic E-state index is 0.193. The summed E-state index contributed by atoms with van der Waals surface area (Å²) in [7, 11) is 0. The van der Waals surface area contributed by atoms with Crippen LogP contribution >= 0.6 is 0 Å². The Hall–Kier alpha value is -0.570. The van der Waals surface area contributed by atoms with E-state index in [0.29, 0.717) is 6.04 Å². The molecular weight excluding hydrogens is 166 g/mol. The van der Waals surface area contributed by atoms with Gasteiger partial charge in [-0.15, -0.1) is 0 Å². The van der Waals surface area contributed by atoms with Crippen molar-refractivity contribution in [2.45, 2.75) is 59.2 Å². The summed E-state index contributed by atoms with van der Waals surface area (Å²) in [6, 6.07) is 0.0572. The van der Waals surface area contributed by atoms with Crippen molar-refractivity contribution >= 4 is 5.97 Å². The minimum atomic E-state index is -0.399. The van der Waals surface area contributed by atoms with Gasteiger partial charge in [0.05, 0.1) is 0 Å². The van der Waals surface area contributed by atoms with Crippen LogP contribution in [0.3, 0.4) is 0 Å². The molecule has 3 nitrogen and oxygen atoms in total. The maximum absolute atomic E-state index is 11.4. The summed E-state index contributed by atoms with van der Waals surface area (Å²) >= 11 is 0. The zero-order valence-electron chi connectivity index (χ0n) is 9.47. The van der Waals surface area contributed by atoms with E-state index in [4.69, 9.17) is 4.74 Å². The van der Waals surface area contributed by atoms with E-state index in [2.05, 4.69) is 5.32 Å². The van der Waals surface area contributed by atoms with E-state index in [9.17, 15) is 4.79 Å². The number of ether oxygens (including phenoxy) is 1. The van der Waals surface area contributed by atoms with Gasteiger partial charge >= 0.3 is 5.97 Å². The maximum Gasteiger partial charge on any atom is 0.323 e. The molecule has 0 rings (SSSR count). The third-order valence-electron chi connectivity index (χ3n) is 1.34. The van der Waals surface area contributed by atoms with E-state index >= 15 is 0 Å². The number of carbonyl (C=O) groups is 1. The Kier molecular flexibility index (Phi) is 4.40. The second-order valence-corrected chi connectivity index (χ2v) is 4.58. The second kappa shape index (κ2) is 4.61. The Morgan fingerprint density at radius 2 is 1.69 bits per heavy atom. The lowest BCUT2D eigenvalue weighted by molar-refractivity contribution is -0.157. The molecular formula is C10H21NO2. The molecule has 0 aliphatic carbocycles. The third-order valence-corrected chi connectivity index (χ3v) is 1.34. The van der Waals surface area contributed by atoms with Crippen molar-refractivity contribution in [3.05, 3.63) is 0 Å². The highest BCUT2D eigenvalue weighted by Gasteiger charge is 2.21. The number of nitrogens with one attached hydrogen (secondary N) is 1. The smallest absolute Gasteiger partial charge is 0.323 e. The molecule has 0 aromatic heterocycles. The van der Waals surface area contributed by atoms with Gasteiger partial charge in [0.1, 0.15) is 11.6 Å². The first-order valence-corrected chi connectivity index (χ1v) is 4.71. The van der Waals surface area contributed by atoms with Gasteiger partial charge in [0.25, 0.3) is 0 Å². The molecule has 0 spiro atoms. The van der Waals surface area contributed by atoms with E-state index in [1.807, 2.05) is 41.5 Å². The molecule has 0 saturated carbocycles. The van der Waals surface area contributed by atoms with Gasteiger partial charge in [-0.2, -0.15) is 0 Å². The van der Waals surface area contributed by atoms with Gasteiger partial charge in [-0.05, 0) is 27.7 Å². The van der Waals surface area contributed by atoms with Crippen molar-refractivity contribution in [1.82, 2.24) is 5.32 Å². The first-order chi connectivity index (χ1) is 5.72. The molecule has 13 heavy (non-hydrogen) atoms. The largest absolute Gasteiger partial charge is 0.459 e. The van der Waals surface area contributed by atoms with E-state index in [1.54, 1.807) is 0 Å². The van der Waals surface area contributed by atoms with Gasteiger partial charge in [0.2, 0.25) is 0 Å². The van der Waals surface area contributed by atoms with E-state index in [-0.39, 0.29) is 12.0 Å². The van der Waals surface area contributed by atoms with Crippen LogP contribution in [0.5, 0.6) is 0 Å². The monoisotopic (exact) mass is 187 g/mol. The normalized spacial score (nSPS) is 14.4. The average molecular weight is 187 g/mol. The lowest BCUT2D eigenvalue weighted by Gasteiger charge is -2.23. The molecule has 0 bridgehead atoms. The van der Waals surface area contributed by atoms with Crippen molar-refractivity contribution in [2.75, 3.05) is 0 Å². The van der Waals surface area contributed by atoms with E-state index in [1.165, 1.54) is 0 Å². The fourth-order valence-electron chi connectivity index (χ4n) is 0.958. The van der Waals surface area contributed by atoms with Crippen molar-refractivity contribution < 1.29 is 9.53 Å². The quantitative estimate of drug-likeness (QED) is 0.684. The molecule has 0 heterocycles. The highest BCUT2D eigenvalue weighted by Crippen LogP contribution is 2.08. The zero-order valence-corrected chi connectivity index (χ0v) is 9.47. The van der Waals surface area contributed by atoms with Crippen LogP contribution in [-0.2, 0) is 9.53 Å². The molecule has 1 atom stereocenters. The molecule has 0 aliphatic rings. The average Bonchev–Trinajstić information content (AvgIpc) is 1.81. The molecule has 0 aromatic carbocycles. The van der Waals surface area contributed by atoms with Crippen molar-refractivity contribution in [3.63, 3.8) is 0 Å². The summed E-state index contributed by atoms with van der Waals surface area (Å²) in [5.74, 6) is -0.193. The highest BCUT2D eigenvalue weighted by atomic mass is 16.6. The van der Waals surface area contributed by atoms with Crippen LogP contribution in [0, 0.1) is 0 Å². The Balaban J connectivity index is 3.97. The number of hydrogen-bond donors (Lipinski definition) is 1. The van der Waals surface area contributed by atoms with Crippen molar-refractivity contribution in [1.29, 1.82) is 0 Å². The predicted octanol–water partition coefficient (Wildman–Crippen LogP) is 1.71. The summed E-state index contributed by atoms with van der Waals surface area (Å²) in [5, 5.41) is 3.09. The van der Waals surface area contributed by atoms with Crippen LogP contribution in [0.4, 0.5) is 0 Å². The molecule has 78 valence electrons. The number of esters is 1. The SMILES string of the molecule is CC(C)NC(C)C(=O)OC(C)(C)C. The van der Waals surface area contributed by atoms with Crippen LogP contribution in [0.25, 0.3) is 0 Å². The summed E-state index contributed by atoms with van der Waals surface area (Å²) in [4.78, 5) is 11.4. The summed E-state index contributed by atoms with van der Waals surface area (Å²) < 4.78 is 5.20. The lowest BCUT2D eigenvalue weighted by Crippen LogP contribution is -2.42. The van der Waals surface area contributed by atoms with Gasteiger partial charge in [0.15, 0.2) is 0 Å². The molecule has 0 saturated heterocycles. The first kappa shape index (κ1) is 12.4. The molecule has 1 N–H and O–H groups in total. The Morgan fingerprint density at radius 3 is 2.00 bits per heavy atom. The Bertz CT molecular complexity index is 170. The molecule has 1 unspecified atom stereocenters. The second-order valence-electron chi connectivity index (χ2n) is 4.58. The van der Waals surface area contributed by atoms with Gasteiger partial charge < -0.3 is 10.1 Å². The topological polar surface area (TPSA) is 38.3 Å². The molecule has 0 amide bonds. The lowest BCUT2D eigenvalue weighted by atomic mass is 10.2. The molecule has 0 fully saturated rings. The van der Waals surface area contributed by atoms with Gasteiger partial charge in [0, 0.05) is 6.04 Å². The van der Waals surface area contributed by atoms with Gasteiger partial charge in [-0.25, -0.2) is 0 Å². The van der Waals surface area contributed by atoms with Crippen LogP contribution in [-0.4, -0.2) is 23.7 Å². The van der Waals surface area contributed by atoms with E-state index < -0.39 is 5.60 Å². The standard InChI is InChI=1S/C10H21NO2/c1-7(2)11-8(3)9(12)13-10(4,5)6/h7-8,11H,1-6H3. The zero-order chi connectivity index (χ0) is 10.6. The number of carbonyl (C=O) groups excluding carboxylic acids is 1. The van der Waals surface area contributed by atoms with Gasteiger partial charge in [-0.3, -0.25) is 4.79 Å². The molecule has 0 radical (unpaired) electrons. The van der Waals surface area contributed by atoms with Gasteiger partial charge in [-0.1, -0.05) is 13.8 Å². The van der Waals surface area contributed by atoms with Crippen molar-refractivity contribution in [2.24, 2.45) is 0 Å². The molecule has 3 heteroatoms. The van der Waals surface area contributed by atoms with E-state index in [0.717, 1.165) is 0 Å². The van der Waals surface area contributed by atoms with Crippen LogP contribution in [0.15, 0.2) is 0 Å². The summed E-state index contributed by atoms with van der Waals surface area (Å²) in [5.41, 5.74) is -0.399. The Labute approximate surface area is 80.8 Å². The first-order valence-electron chi connectivity index (χ1n) is 4.71. The van der Waals surface area contributed by atoms with Crippen LogP contribution < -0.4 is 5.32 Å². The summed E-state index contributed by atoms with van der Waals surface area (Å²) in [6.45, 7) is 11.4. The van der Waals surface area contributed by atoms with Crippen LogP contribution in [0.1, 0.15) is 41.5 Å².